The summed E-state index contributed by atoms with van der Waals surface area (Å²) in [7, 11) is 1.66. The van der Waals surface area contributed by atoms with Crippen LogP contribution in [0.5, 0.6) is 0 Å². The fraction of sp³-hybridized carbons (Fsp3) is 0.500. The molecule has 3 amide bonds. The number of carbonyl (C=O) groups is 4. The summed E-state index contributed by atoms with van der Waals surface area (Å²) in [6, 6.07) is 2.54. The van der Waals surface area contributed by atoms with Gasteiger partial charge in [0, 0.05) is 6.42 Å². The third kappa shape index (κ3) is 3.95. The van der Waals surface area contributed by atoms with E-state index in [4.69, 9.17) is 5.11 Å². The number of carbonyl (C=O) groups excluding carboxylic acids is 3. The van der Waals surface area contributed by atoms with Gasteiger partial charge in [0.25, 0.3) is 0 Å². The van der Waals surface area contributed by atoms with Crippen molar-refractivity contribution in [1.29, 1.82) is 0 Å². The first kappa shape index (κ1) is 20.8. The molecule has 1 unspecified atom stereocenters. The number of rotatable bonds is 6. The molecule has 0 fully saturated rings. The first-order valence-electron chi connectivity index (χ1n) is 9.69. The van der Waals surface area contributed by atoms with Crippen LogP contribution in [0, 0.1) is 0 Å². The molecule has 2 heterocycles. The van der Waals surface area contributed by atoms with Gasteiger partial charge in [0.1, 0.15) is 18.1 Å². The summed E-state index contributed by atoms with van der Waals surface area (Å²) in [5.41, 5.74) is 2.52. The van der Waals surface area contributed by atoms with Crippen LogP contribution in [0.2, 0.25) is 0 Å². The van der Waals surface area contributed by atoms with E-state index in [0.29, 0.717) is 24.9 Å². The molecule has 2 aliphatic rings. The van der Waals surface area contributed by atoms with Crippen molar-refractivity contribution >= 4 is 29.4 Å². The summed E-state index contributed by atoms with van der Waals surface area (Å²) in [5.74, 6) is -2.32. The van der Waals surface area contributed by atoms with Crippen LogP contribution in [0.15, 0.2) is 18.2 Å². The molecule has 0 bridgehead atoms. The summed E-state index contributed by atoms with van der Waals surface area (Å²) >= 11 is 0. The fourth-order valence-electron chi connectivity index (χ4n) is 3.77. The number of carboxylic acids is 1. The summed E-state index contributed by atoms with van der Waals surface area (Å²) in [6.45, 7) is 3.07. The molecular weight excluding hydrogens is 376 g/mol. The fourth-order valence-corrected chi connectivity index (χ4v) is 3.77. The molecule has 0 radical (unpaired) electrons. The molecule has 2 aliphatic heterocycles. The number of nitrogens with one attached hydrogen (secondary N) is 3. The van der Waals surface area contributed by atoms with Crippen LogP contribution in [-0.2, 0) is 32.0 Å². The molecule has 4 atom stereocenters. The smallest absolute Gasteiger partial charge is 0.325 e. The van der Waals surface area contributed by atoms with Crippen molar-refractivity contribution in [1.82, 2.24) is 16.0 Å². The Hall–Kier alpha value is -2.94. The first-order valence-corrected chi connectivity index (χ1v) is 9.69. The zero-order valence-electron chi connectivity index (χ0n) is 16.7. The van der Waals surface area contributed by atoms with E-state index < -0.39 is 36.0 Å². The van der Waals surface area contributed by atoms with Crippen LogP contribution in [0.4, 0.5) is 5.69 Å². The van der Waals surface area contributed by atoms with Gasteiger partial charge in [-0.05, 0) is 44.9 Å². The molecule has 156 valence electrons. The van der Waals surface area contributed by atoms with E-state index in [1.165, 1.54) is 11.8 Å². The molecule has 1 aromatic carbocycles. The summed E-state index contributed by atoms with van der Waals surface area (Å²) in [5, 5.41) is 17.2. The number of likely N-dealkylation sites (N-methyl/N-ethyl adjacent to an activating group) is 1. The highest BCUT2D eigenvalue weighted by molar-refractivity contribution is 6.08. The van der Waals surface area contributed by atoms with Crippen LogP contribution in [0.1, 0.15) is 31.4 Å². The Bertz CT molecular complexity index is 855. The lowest BCUT2D eigenvalue weighted by Crippen LogP contribution is -2.57. The maximum atomic E-state index is 13.3. The molecule has 0 aliphatic carbocycles. The normalized spacial score (nSPS) is 22.3. The van der Waals surface area contributed by atoms with Crippen molar-refractivity contribution in [2.24, 2.45) is 0 Å². The van der Waals surface area contributed by atoms with Crippen LogP contribution in [0.25, 0.3) is 0 Å². The highest BCUT2D eigenvalue weighted by Gasteiger charge is 2.44. The Morgan fingerprint density at radius 2 is 1.86 bits per heavy atom. The lowest BCUT2D eigenvalue weighted by atomic mass is 10.0. The van der Waals surface area contributed by atoms with Gasteiger partial charge in [0.2, 0.25) is 17.7 Å². The number of hydrogen-bond acceptors (Lipinski definition) is 5. The van der Waals surface area contributed by atoms with E-state index in [1.807, 2.05) is 18.2 Å². The summed E-state index contributed by atoms with van der Waals surface area (Å²) < 4.78 is 0. The minimum atomic E-state index is -1.15. The average Bonchev–Trinajstić information content (AvgIpc) is 3.03. The predicted octanol–water partition coefficient (Wildman–Crippen LogP) is -0.427. The Morgan fingerprint density at radius 1 is 1.17 bits per heavy atom. The van der Waals surface area contributed by atoms with Gasteiger partial charge in [-0.15, -0.1) is 0 Å². The lowest BCUT2D eigenvalue weighted by Gasteiger charge is -2.28. The van der Waals surface area contributed by atoms with Crippen molar-refractivity contribution < 1.29 is 24.3 Å². The van der Waals surface area contributed by atoms with Crippen LogP contribution >= 0.6 is 0 Å². The Morgan fingerprint density at radius 3 is 2.52 bits per heavy atom. The van der Waals surface area contributed by atoms with Crippen molar-refractivity contribution in [2.75, 3.05) is 11.9 Å². The molecule has 0 spiro atoms. The van der Waals surface area contributed by atoms with Gasteiger partial charge in [-0.25, -0.2) is 0 Å². The van der Waals surface area contributed by atoms with E-state index in [1.54, 1.807) is 14.0 Å². The second-order valence-electron chi connectivity index (χ2n) is 7.53. The number of anilines is 1. The van der Waals surface area contributed by atoms with Gasteiger partial charge in [-0.1, -0.05) is 18.2 Å². The second kappa shape index (κ2) is 8.20. The molecule has 9 heteroatoms. The number of hydrogen-bond donors (Lipinski definition) is 4. The number of aliphatic carboxylic acids is 1. The van der Waals surface area contributed by atoms with Crippen LogP contribution < -0.4 is 20.9 Å². The average molecular weight is 402 g/mol. The van der Waals surface area contributed by atoms with Gasteiger partial charge in [-0.2, -0.15) is 0 Å². The van der Waals surface area contributed by atoms with Crippen LogP contribution in [0.3, 0.4) is 0 Å². The maximum Gasteiger partial charge on any atom is 0.325 e. The van der Waals surface area contributed by atoms with Crippen molar-refractivity contribution in [3.63, 3.8) is 0 Å². The zero-order chi connectivity index (χ0) is 21.3. The monoisotopic (exact) mass is 402 g/mol. The van der Waals surface area contributed by atoms with E-state index in [9.17, 15) is 19.2 Å². The number of aryl methyl sites for hydroxylation is 1. The Kier molecular flexibility index (Phi) is 5.88. The highest BCUT2D eigenvalue weighted by Crippen LogP contribution is 2.39. The standard InChI is InChI=1S/C20H26N4O5/c1-10(21-3)17(25)23-14-8-7-12-5-4-6-13-9-15(24(16(12)13)19(14)27)18(26)22-11(2)20(28)29/h4-6,10-11,14-15,21H,7-9H2,1-3H3,(H,22,26)(H,23,25)(H,28,29)/t10-,11-,14?,15-/m0/s1. The van der Waals surface area contributed by atoms with Crippen molar-refractivity contribution in [3.05, 3.63) is 29.3 Å². The molecule has 29 heavy (non-hydrogen) atoms. The van der Waals surface area contributed by atoms with E-state index in [-0.39, 0.29) is 11.8 Å². The largest absolute Gasteiger partial charge is 0.480 e. The van der Waals surface area contributed by atoms with Crippen molar-refractivity contribution in [3.8, 4) is 0 Å². The summed E-state index contributed by atoms with van der Waals surface area (Å²) in [4.78, 5) is 51.0. The van der Waals surface area contributed by atoms with Crippen LogP contribution in [-0.4, -0.2) is 60.0 Å². The summed E-state index contributed by atoms with van der Waals surface area (Å²) in [6.07, 6.45) is 1.32. The second-order valence-corrected chi connectivity index (χ2v) is 7.53. The Balaban J connectivity index is 1.91. The third-order valence-corrected chi connectivity index (χ3v) is 5.58. The van der Waals surface area contributed by atoms with Gasteiger partial charge < -0.3 is 21.1 Å². The molecule has 4 N–H and O–H groups in total. The number of benzene rings is 1. The van der Waals surface area contributed by atoms with Gasteiger partial charge in [-0.3, -0.25) is 24.1 Å². The van der Waals surface area contributed by atoms with Crippen molar-refractivity contribution in [2.45, 2.75) is 57.3 Å². The third-order valence-electron chi connectivity index (χ3n) is 5.58. The SMILES string of the molecule is CN[C@@H](C)C(=O)NC1CCc2cccc3c2N(C1=O)[C@H](C(=O)N[C@@H](C)C(=O)O)C3. The lowest BCUT2D eigenvalue weighted by molar-refractivity contribution is -0.141. The molecule has 0 saturated heterocycles. The minimum Gasteiger partial charge on any atom is -0.480 e. The molecule has 1 aromatic rings. The number of nitrogens with zero attached hydrogens (tertiary/aromatic N) is 1. The molecule has 0 aromatic heterocycles. The topological polar surface area (TPSA) is 128 Å². The quantitative estimate of drug-likeness (QED) is 0.511. The number of amides is 3. The van der Waals surface area contributed by atoms with E-state index in [0.717, 1.165) is 11.1 Å². The molecule has 0 saturated carbocycles. The van der Waals surface area contributed by atoms with Gasteiger partial charge in [0.15, 0.2) is 0 Å². The highest BCUT2D eigenvalue weighted by atomic mass is 16.4. The van der Waals surface area contributed by atoms with Gasteiger partial charge >= 0.3 is 5.97 Å². The minimum absolute atomic E-state index is 0.295. The number of carboxylic acid groups (broad SMARTS) is 1. The predicted molar refractivity (Wildman–Crippen MR) is 105 cm³/mol. The molecule has 9 nitrogen and oxygen atoms in total. The van der Waals surface area contributed by atoms with E-state index >= 15 is 0 Å². The van der Waals surface area contributed by atoms with Gasteiger partial charge in [0.05, 0.1) is 11.7 Å². The Labute approximate surface area is 168 Å². The number of para-hydroxylation sites is 1. The zero-order valence-corrected chi connectivity index (χ0v) is 16.7. The van der Waals surface area contributed by atoms with E-state index in [2.05, 4.69) is 16.0 Å². The molecular formula is C20H26N4O5. The first-order chi connectivity index (χ1) is 13.7. The maximum absolute atomic E-state index is 13.3. The molecule has 3 rings (SSSR count).